The van der Waals surface area contributed by atoms with Crippen LogP contribution in [0.1, 0.15) is 25.3 Å². The fraction of sp³-hybridized carbons (Fsp3) is 0.533. The number of hydrogen-bond acceptors (Lipinski definition) is 5. The van der Waals surface area contributed by atoms with Crippen LogP contribution in [0.25, 0.3) is 0 Å². The molecule has 22 heavy (non-hydrogen) atoms. The molecule has 2 unspecified atom stereocenters. The van der Waals surface area contributed by atoms with Crippen LogP contribution in [-0.4, -0.2) is 39.0 Å². The number of nitriles is 1. The molecule has 0 amide bonds. The third kappa shape index (κ3) is 3.24. The summed E-state index contributed by atoms with van der Waals surface area (Å²) in [6, 6.07) is 6.30. The van der Waals surface area contributed by atoms with E-state index in [2.05, 4.69) is 0 Å². The number of ether oxygens (including phenoxy) is 1. The van der Waals surface area contributed by atoms with Gasteiger partial charge in [-0.2, -0.15) is 9.57 Å². The van der Waals surface area contributed by atoms with E-state index in [4.69, 9.17) is 15.7 Å². The summed E-state index contributed by atoms with van der Waals surface area (Å²) in [5.74, 6) is 0.356. The van der Waals surface area contributed by atoms with Gasteiger partial charge >= 0.3 is 0 Å². The first-order valence-corrected chi connectivity index (χ1v) is 8.68. The lowest BCUT2D eigenvalue weighted by Gasteiger charge is -2.34. The van der Waals surface area contributed by atoms with E-state index in [-0.39, 0.29) is 22.6 Å². The zero-order chi connectivity index (χ0) is 16.3. The Morgan fingerprint density at radius 3 is 2.82 bits per heavy atom. The lowest BCUT2D eigenvalue weighted by Crippen LogP contribution is -2.45. The molecule has 0 bridgehead atoms. The van der Waals surface area contributed by atoms with Crippen LogP contribution in [0.15, 0.2) is 23.1 Å². The Labute approximate surface area is 131 Å². The number of piperidine rings is 1. The first kappa shape index (κ1) is 16.7. The van der Waals surface area contributed by atoms with E-state index in [1.807, 2.05) is 13.0 Å². The van der Waals surface area contributed by atoms with Crippen LogP contribution in [-0.2, 0) is 10.0 Å². The number of methoxy groups -OCH3 is 1. The van der Waals surface area contributed by atoms with E-state index >= 15 is 0 Å². The van der Waals surface area contributed by atoms with Gasteiger partial charge in [0.25, 0.3) is 0 Å². The highest BCUT2D eigenvalue weighted by molar-refractivity contribution is 7.89. The van der Waals surface area contributed by atoms with Gasteiger partial charge in [-0.15, -0.1) is 0 Å². The van der Waals surface area contributed by atoms with Crippen LogP contribution in [0.5, 0.6) is 5.75 Å². The summed E-state index contributed by atoms with van der Waals surface area (Å²) in [4.78, 5) is 0.0966. The van der Waals surface area contributed by atoms with Crippen molar-refractivity contribution in [3.8, 4) is 11.8 Å². The normalized spacial score (nSPS) is 21.1. The van der Waals surface area contributed by atoms with E-state index in [1.165, 1.54) is 29.6 Å². The standard InChI is InChI=1S/C15H21N3O3S/c1-11(17)13-4-3-7-18(10-13)22(19,20)15-6-5-12(9-16)8-14(15)21-2/h5-6,8,11,13H,3-4,7,10,17H2,1-2H3. The summed E-state index contributed by atoms with van der Waals surface area (Å²) < 4.78 is 32.3. The molecular weight excluding hydrogens is 302 g/mol. The molecule has 2 N–H and O–H groups in total. The van der Waals surface area contributed by atoms with Gasteiger partial charge in [0, 0.05) is 19.1 Å². The van der Waals surface area contributed by atoms with Crippen molar-refractivity contribution < 1.29 is 13.2 Å². The smallest absolute Gasteiger partial charge is 0.246 e. The van der Waals surface area contributed by atoms with Gasteiger partial charge in [0.1, 0.15) is 10.6 Å². The molecule has 2 atom stereocenters. The van der Waals surface area contributed by atoms with Crippen molar-refractivity contribution in [2.75, 3.05) is 20.2 Å². The van der Waals surface area contributed by atoms with Crippen LogP contribution in [0, 0.1) is 17.2 Å². The summed E-state index contributed by atoms with van der Waals surface area (Å²) >= 11 is 0. The van der Waals surface area contributed by atoms with Crippen molar-refractivity contribution in [3.05, 3.63) is 23.8 Å². The molecule has 6 nitrogen and oxygen atoms in total. The molecule has 1 aromatic rings. The molecule has 120 valence electrons. The molecule has 1 heterocycles. The lowest BCUT2D eigenvalue weighted by molar-refractivity contribution is 0.242. The van der Waals surface area contributed by atoms with Crippen molar-refractivity contribution in [1.82, 2.24) is 4.31 Å². The summed E-state index contributed by atoms with van der Waals surface area (Å²) in [6.45, 7) is 2.81. The van der Waals surface area contributed by atoms with Gasteiger partial charge in [-0.1, -0.05) is 0 Å². The van der Waals surface area contributed by atoms with Crippen molar-refractivity contribution in [2.45, 2.75) is 30.7 Å². The Hall–Kier alpha value is -1.62. The number of benzene rings is 1. The number of nitrogens with zero attached hydrogens (tertiary/aromatic N) is 2. The van der Waals surface area contributed by atoms with Gasteiger partial charge in [0.15, 0.2) is 0 Å². The second-order valence-electron chi connectivity index (χ2n) is 5.60. The second-order valence-corrected chi connectivity index (χ2v) is 7.51. The Kier molecular flexibility index (Phi) is 5.06. The first-order valence-electron chi connectivity index (χ1n) is 7.24. The highest BCUT2D eigenvalue weighted by Crippen LogP contribution is 2.30. The molecule has 0 aromatic heterocycles. The number of hydrogen-bond donors (Lipinski definition) is 1. The van der Waals surface area contributed by atoms with Crippen LogP contribution in [0.2, 0.25) is 0 Å². The second kappa shape index (κ2) is 6.65. The fourth-order valence-electron chi connectivity index (χ4n) is 2.71. The molecule has 1 aromatic carbocycles. The molecular formula is C15H21N3O3S. The monoisotopic (exact) mass is 323 g/mol. The number of nitrogens with two attached hydrogens (primary N) is 1. The molecule has 1 aliphatic heterocycles. The highest BCUT2D eigenvalue weighted by Gasteiger charge is 2.33. The van der Waals surface area contributed by atoms with Crippen molar-refractivity contribution in [3.63, 3.8) is 0 Å². The maximum Gasteiger partial charge on any atom is 0.246 e. The highest BCUT2D eigenvalue weighted by atomic mass is 32.2. The maximum absolute atomic E-state index is 12.9. The van der Waals surface area contributed by atoms with Crippen LogP contribution in [0.4, 0.5) is 0 Å². The third-order valence-corrected chi connectivity index (χ3v) is 5.98. The van der Waals surface area contributed by atoms with Crippen LogP contribution in [0.3, 0.4) is 0 Å². The Balaban J connectivity index is 2.36. The molecule has 0 radical (unpaired) electrons. The van der Waals surface area contributed by atoms with E-state index in [0.29, 0.717) is 18.7 Å². The first-order chi connectivity index (χ1) is 10.4. The lowest BCUT2D eigenvalue weighted by atomic mass is 9.93. The minimum absolute atomic E-state index is 0.0409. The molecule has 2 rings (SSSR count). The molecule has 7 heteroatoms. The SMILES string of the molecule is COc1cc(C#N)ccc1S(=O)(=O)N1CCCC(C(C)N)C1. The maximum atomic E-state index is 12.9. The average molecular weight is 323 g/mol. The fourth-order valence-corrected chi connectivity index (χ4v) is 4.38. The van der Waals surface area contributed by atoms with Crippen molar-refractivity contribution in [1.29, 1.82) is 5.26 Å². The van der Waals surface area contributed by atoms with Gasteiger partial charge in [0.05, 0.1) is 18.7 Å². The quantitative estimate of drug-likeness (QED) is 0.901. The predicted molar refractivity (Wildman–Crippen MR) is 82.8 cm³/mol. The van der Waals surface area contributed by atoms with Gasteiger partial charge < -0.3 is 10.5 Å². The minimum Gasteiger partial charge on any atom is -0.495 e. The van der Waals surface area contributed by atoms with Gasteiger partial charge in [-0.05, 0) is 43.9 Å². The number of rotatable bonds is 4. The minimum atomic E-state index is -3.65. The van der Waals surface area contributed by atoms with Crippen molar-refractivity contribution >= 4 is 10.0 Å². The largest absolute Gasteiger partial charge is 0.495 e. The molecule has 0 saturated carbocycles. The van der Waals surface area contributed by atoms with E-state index in [9.17, 15) is 8.42 Å². The van der Waals surface area contributed by atoms with Crippen LogP contribution < -0.4 is 10.5 Å². The zero-order valence-electron chi connectivity index (χ0n) is 12.8. The van der Waals surface area contributed by atoms with E-state index in [0.717, 1.165) is 12.8 Å². The zero-order valence-corrected chi connectivity index (χ0v) is 13.6. The van der Waals surface area contributed by atoms with Gasteiger partial charge in [0.2, 0.25) is 10.0 Å². The average Bonchev–Trinajstić information content (AvgIpc) is 2.54. The number of sulfonamides is 1. The van der Waals surface area contributed by atoms with E-state index < -0.39 is 10.0 Å². The summed E-state index contributed by atoms with van der Waals surface area (Å²) in [5, 5.41) is 8.92. The Bertz CT molecular complexity index is 680. The molecule has 0 aliphatic carbocycles. The molecule has 0 spiro atoms. The molecule has 1 fully saturated rings. The van der Waals surface area contributed by atoms with Gasteiger partial charge in [-0.25, -0.2) is 8.42 Å². The van der Waals surface area contributed by atoms with Crippen molar-refractivity contribution in [2.24, 2.45) is 11.7 Å². The topological polar surface area (TPSA) is 96.4 Å². The summed E-state index contributed by atoms with van der Waals surface area (Å²) in [6.07, 6.45) is 1.73. The predicted octanol–water partition coefficient (Wildman–Crippen LogP) is 1.31. The Morgan fingerprint density at radius 1 is 1.50 bits per heavy atom. The Morgan fingerprint density at radius 2 is 2.23 bits per heavy atom. The molecule has 1 aliphatic rings. The molecule has 1 saturated heterocycles. The van der Waals surface area contributed by atoms with Crippen LogP contribution >= 0.6 is 0 Å². The third-order valence-electron chi connectivity index (χ3n) is 4.07. The van der Waals surface area contributed by atoms with Gasteiger partial charge in [-0.3, -0.25) is 0 Å². The summed E-state index contributed by atoms with van der Waals surface area (Å²) in [7, 11) is -2.25. The van der Waals surface area contributed by atoms with E-state index in [1.54, 1.807) is 0 Å². The summed E-state index contributed by atoms with van der Waals surface area (Å²) in [5.41, 5.74) is 6.29.